The summed E-state index contributed by atoms with van der Waals surface area (Å²) in [5.41, 5.74) is 6.77. The second-order valence-corrected chi connectivity index (χ2v) is 5.11. The van der Waals surface area contributed by atoms with Crippen LogP contribution in [0.2, 0.25) is 0 Å². The number of nitrogens with one attached hydrogen (secondary N) is 1. The quantitative estimate of drug-likeness (QED) is 0.872. The molecule has 0 aliphatic carbocycles. The average Bonchev–Trinajstić information content (AvgIpc) is 2.75. The third-order valence-corrected chi connectivity index (χ3v) is 3.58. The molecule has 0 spiro atoms. The zero-order chi connectivity index (χ0) is 13.8. The Balaban J connectivity index is 2.14. The molecule has 0 aromatic carbocycles. The molecule has 0 saturated carbocycles. The fourth-order valence-electron chi connectivity index (χ4n) is 1.64. The summed E-state index contributed by atoms with van der Waals surface area (Å²) >= 11 is 1.62. The van der Waals surface area contributed by atoms with Gasteiger partial charge in [-0.05, 0) is 13.8 Å². The van der Waals surface area contributed by atoms with Crippen molar-refractivity contribution in [1.82, 2.24) is 15.0 Å². The Hall–Kier alpha value is -1.73. The molecule has 0 aliphatic heterocycles. The van der Waals surface area contributed by atoms with Crippen LogP contribution in [0.3, 0.4) is 0 Å². The molecular formula is C12H17N5OS. The minimum Gasteiger partial charge on any atom is -0.384 e. The van der Waals surface area contributed by atoms with Crippen LogP contribution >= 0.6 is 11.3 Å². The Morgan fingerprint density at radius 2 is 2.21 bits per heavy atom. The van der Waals surface area contributed by atoms with Crippen LogP contribution in [0.4, 0.5) is 11.6 Å². The first-order valence-corrected chi connectivity index (χ1v) is 6.77. The molecule has 7 heteroatoms. The van der Waals surface area contributed by atoms with Crippen LogP contribution in [0.25, 0.3) is 0 Å². The van der Waals surface area contributed by atoms with Crippen LogP contribution in [-0.4, -0.2) is 22.1 Å². The summed E-state index contributed by atoms with van der Waals surface area (Å²) in [7, 11) is 1.60. The first-order chi connectivity index (χ1) is 9.08. The van der Waals surface area contributed by atoms with Gasteiger partial charge < -0.3 is 15.8 Å². The molecule has 6 nitrogen and oxygen atoms in total. The second kappa shape index (κ2) is 5.94. The Kier molecular flexibility index (Phi) is 4.28. The minimum absolute atomic E-state index is 0.0726. The van der Waals surface area contributed by atoms with Gasteiger partial charge in [0.15, 0.2) is 5.82 Å². The Bertz CT molecular complexity index is 557. The van der Waals surface area contributed by atoms with Gasteiger partial charge in [0.05, 0.1) is 6.04 Å². The van der Waals surface area contributed by atoms with Crippen molar-refractivity contribution in [3.8, 4) is 0 Å². The van der Waals surface area contributed by atoms with E-state index >= 15 is 0 Å². The van der Waals surface area contributed by atoms with Crippen LogP contribution in [-0.2, 0) is 11.3 Å². The second-order valence-electron chi connectivity index (χ2n) is 4.22. The molecule has 0 fully saturated rings. The maximum absolute atomic E-state index is 5.75. The molecule has 2 aromatic heterocycles. The molecule has 0 aliphatic rings. The lowest BCUT2D eigenvalue weighted by atomic mass is 10.3. The van der Waals surface area contributed by atoms with Gasteiger partial charge in [-0.25, -0.2) is 15.0 Å². The highest BCUT2D eigenvalue weighted by molar-refractivity contribution is 7.09. The minimum atomic E-state index is 0.0726. The predicted octanol–water partition coefficient (Wildman–Crippen LogP) is 2.14. The summed E-state index contributed by atoms with van der Waals surface area (Å²) in [5.74, 6) is 1.67. The molecule has 102 valence electrons. The number of rotatable bonds is 5. The van der Waals surface area contributed by atoms with Gasteiger partial charge in [-0.1, -0.05) is 0 Å². The predicted molar refractivity (Wildman–Crippen MR) is 76.0 cm³/mol. The molecule has 19 heavy (non-hydrogen) atoms. The number of hydrogen-bond acceptors (Lipinski definition) is 7. The van der Waals surface area contributed by atoms with E-state index in [9.17, 15) is 0 Å². The number of aryl methyl sites for hydroxylation is 1. The summed E-state index contributed by atoms with van der Waals surface area (Å²) in [4.78, 5) is 12.9. The van der Waals surface area contributed by atoms with E-state index in [-0.39, 0.29) is 6.04 Å². The number of aromatic nitrogens is 3. The topological polar surface area (TPSA) is 86.0 Å². The summed E-state index contributed by atoms with van der Waals surface area (Å²) in [6.45, 7) is 4.35. The Morgan fingerprint density at radius 1 is 1.42 bits per heavy atom. The van der Waals surface area contributed by atoms with E-state index in [4.69, 9.17) is 10.5 Å². The van der Waals surface area contributed by atoms with Gasteiger partial charge >= 0.3 is 0 Å². The molecule has 2 heterocycles. The van der Waals surface area contributed by atoms with E-state index in [2.05, 4.69) is 20.3 Å². The van der Waals surface area contributed by atoms with Crippen LogP contribution in [0.15, 0.2) is 11.4 Å². The van der Waals surface area contributed by atoms with Crippen molar-refractivity contribution in [2.45, 2.75) is 26.5 Å². The van der Waals surface area contributed by atoms with Crippen molar-refractivity contribution in [3.05, 3.63) is 28.0 Å². The average molecular weight is 279 g/mol. The molecule has 1 unspecified atom stereocenters. The third kappa shape index (κ3) is 3.62. The lowest BCUT2D eigenvalue weighted by molar-refractivity contribution is 0.178. The number of ether oxygens (including phenoxy) is 1. The maximum atomic E-state index is 5.75. The Labute approximate surface area is 116 Å². The van der Waals surface area contributed by atoms with Crippen LogP contribution in [0, 0.1) is 6.92 Å². The largest absolute Gasteiger partial charge is 0.384 e. The van der Waals surface area contributed by atoms with Crippen molar-refractivity contribution < 1.29 is 4.74 Å². The van der Waals surface area contributed by atoms with Crippen LogP contribution in [0.5, 0.6) is 0 Å². The fourth-order valence-corrected chi connectivity index (χ4v) is 2.44. The molecular weight excluding hydrogens is 262 g/mol. The molecule has 0 radical (unpaired) electrons. The number of anilines is 2. The van der Waals surface area contributed by atoms with Gasteiger partial charge in [-0.15, -0.1) is 11.3 Å². The normalized spacial score (nSPS) is 12.4. The van der Waals surface area contributed by atoms with Gasteiger partial charge in [-0.3, -0.25) is 0 Å². The van der Waals surface area contributed by atoms with Crippen molar-refractivity contribution in [1.29, 1.82) is 0 Å². The highest BCUT2D eigenvalue weighted by Crippen LogP contribution is 2.22. The smallest absolute Gasteiger partial charge is 0.158 e. The molecule has 2 aromatic rings. The standard InChI is InChI=1S/C12H17N5OS/c1-7-6-19-12(14-7)8(2)15-10-4-9(13)16-11(17-10)5-18-3/h4,6,8H,5H2,1-3H3,(H3,13,15,16,17). The van der Waals surface area contributed by atoms with E-state index in [0.717, 1.165) is 10.7 Å². The first-order valence-electron chi connectivity index (χ1n) is 5.89. The maximum Gasteiger partial charge on any atom is 0.158 e. The lowest BCUT2D eigenvalue weighted by Crippen LogP contribution is -2.10. The number of methoxy groups -OCH3 is 1. The summed E-state index contributed by atoms with van der Waals surface area (Å²) in [6.07, 6.45) is 0. The number of nitrogen functional groups attached to an aromatic ring is 1. The van der Waals surface area contributed by atoms with E-state index in [1.165, 1.54) is 0 Å². The van der Waals surface area contributed by atoms with E-state index in [0.29, 0.717) is 24.1 Å². The molecule has 0 saturated heterocycles. The number of thiazole rings is 1. The van der Waals surface area contributed by atoms with Crippen molar-refractivity contribution in [2.24, 2.45) is 0 Å². The van der Waals surface area contributed by atoms with Gasteiger partial charge in [0, 0.05) is 24.3 Å². The van der Waals surface area contributed by atoms with Crippen molar-refractivity contribution >= 4 is 23.0 Å². The fraction of sp³-hybridized carbons (Fsp3) is 0.417. The van der Waals surface area contributed by atoms with Crippen LogP contribution < -0.4 is 11.1 Å². The van der Waals surface area contributed by atoms with Gasteiger partial charge in [0.2, 0.25) is 0 Å². The highest BCUT2D eigenvalue weighted by atomic mass is 32.1. The molecule has 2 rings (SSSR count). The number of nitrogens with zero attached hydrogens (tertiary/aromatic N) is 3. The molecule has 0 bridgehead atoms. The number of hydrogen-bond donors (Lipinski definition) is 2. The summed E-state index contributed by atoms with van der Waals surface area (Å²) < 4.78 is 5.01. The van der Waals surface area contributed by atoms with E-state index in [1.54, 1.807) is 24.5 Å². The Morgan fingerprint density at radius 3 is 2.84 bits per heavy atom. The van der Waals surface area contributed by atoms with Crippen LogP contribution in [0.1, 0.15) is 29.5 Å². The lowest BCUT2D eigenvalue weighted by Gasteiger charge is -2.13. The zero-order valence-corrected chi connectivity index (χ0v) is 12.0. The highest BCUT2D eigenvalue weighted by Gasteiger charge is 2.11. The molecule has 0 amide bonds. The molecule has 1 atom stereocenters. The number of nitrogens with two attached hydrogens (primary N) is 1. The molecule has 3 N–H and O–H groups in total. The van der Waals surface area contributed by atoms with Crippen molar-refractivity contribution in [2.75, 3.05) is 18.2 Å². The summed E-state index contributed by atoms with van der Waals surface area (Å²) in [6, 6.07) is 1.78. The van der Waals surface area contributed by atoms with Gasteiger partial charge in [0.1, 0.15) is 23.3 Å². The first kappa shape index (κ1) is 13.7. The van der Waals surface area contributed by atoms with E-state index in [1.807, 2.05) is 19.2 Å². The van der Waals surface area contributed by atoms with Gasteiger partial charge in [-0.2, -0.15) is 0 Å². The van der Waals surface area contributed by atoms with Gasteiger partial charge in [0.25, 0.3) is 0 Å². The summed E-state index contributed by atoms with van der Waals surface area (Å²) in [5, 5.41) is 6.32. The van der Waals surface area contributed by atoms with Crippen molar-refractivity contribution in [3.63, 3.8) is 0 Å². The monoisotopic (exact) mass is 279 g/mol. The SMILES string of the molecule is COCc1nc(N)cc(NC(C)c2nc(C)cs2)n1. The third-order valence-electron chi connectivity index (χ3n) is 2.44. The zero-order valence-electron chi connectivity index (χ0n) is 11.2. The van der Waals surface area contributed by atoms with E-state index < -0.39 is 0 Å².